The van der Waals surface area contributed by atoms with Gasteiger partial charge in [-0.15, -0.1) is 0 Å². The number of carbonyl (C=O) groups excluding carboxylic acids is 1. The number of nitrogens with two attached hydrogens (primary N) is 1. The number of primary sulfonamides is 1. The van der Waals surface area contributed by atoms with Crippen LogP contribution in [-0.4, -0.2) is 26.0 Å². The minimum atomic E-state index is -3.73. The van der Waals surface area contributed by atoms with Gasteiger partial charge in [0.1, 0.15) is 5.75 Å². The zero-order valence-corrected chi connectivity index (χ0v) is 13.5. The van der Waals surface area contributed by atoms with Gasteiger partial charge in [-0.25, -0.2) is 13.6 Å². The van der Waals surface area contributed by atoms with E-state index in [0.29, 0.717) is 5.75 Å². The van der Waals surface area contributed by atoms with Gasteiger partial charge in [0.05, 0.1) is 4.90 Å². The first kappa shape index (κ1) is 17.5. The lowest BCUT2D eigenvalue weighted by Gasteiger charge is -2.26. The second-order valence-electron chi connectivity index (χ2n) is 5.50. The molecule has 0 aromatic heterocycles. The highest BCUT2D eigenvalue weighted by molar-refractivity contribution is 7.89. The number of hydrogen-bond donors (Lipinski definition) is 2. The van der Waals surface area contributed by atoms with E-state index in [1.54, 1.807) is 6.92 Å². The molecule has 0 aliphatic carbocycles. The summed E-state index contributed by atoms with van der Waals surface area (Å²) in [6, 6.07) is 5.61. The first-order valence-corrected chi connectivity index (χ1v) is 8.21. The lowest BCUT2D eigenvalue weighted by atomic mass is 10.0. The highest BCUT2D eigenvalue weighted by Crippen LogP contribution is 2.16. The van der Waals surface area contributed by atoms with Crippen molar-refractivity contribution in [1.82, 2.24) is 5.32 Å². The Balaban J connectivity index is 2.71. The van der Waals surface area contributed by atoms with Crippen molar-refractivity contribution in [2.75, 3.05) is 0 Å². The second-order valence-corrected chi connectivity index (χ2v) is 7.06. The Hall–Kier alpha value is -1.60. The zero-order chi connectivity index (χ0) is 16.3. The first-order chi connectivity index (χ1) is 9.55. The van der Waals surface area contributed by atoms with E-state index in [9.17, 15) is 13.2 Å². The van der Waals surface area contributed by atoms with Crippen molar-refractivity contribution in [3.63, 3.8) is 0 Å². The fraction of sp³-hybridized carbons (Fsp3) is 0.500. The van der Waals surface area contributed by atoms with Crippen molar-refractivity contribution in [3.8, 4) is 5.75 Å². The molecule has 0 aliphatic heterocycles. The van der Waals surface area contributed by atoms with Crippen molar-refractivity contribution >= 4 is 15.9 Å². The molecule has 0 heterocycles. The minimum Gasteiger partial charge on any atom is -0.481 e. The van der Waals surface area contributed by atoms with Crippen molar-refractivity contribution < 1.29 is 17.9 Å². The average Bonchev–Trinajstić information content (AvgIpc) is 2.37. The number of ether oxygens (including phenoxy) is 1. The fourth-order valence-corrected chi connectivity index (χ4v) is 2.00. The summed E-state index contributed by atoms with van der Waals surface area (Å²) in [6.07, 6.45) is 0.116. The Morgan fingerprint density at radius 3 is 2.29 bits per heavy atom. The summed E-state index contributed by atoms with van der Waals surface area (Å²) >= 11 is 0. The van der Waals surface area contributed by atoms with Gasteiger partial charge in [-0.2, -0.15) is 0 Å². The molecule has 0 aliphatic rings. The number of amides is 1. The summed E-state index contributed by atoms with van der Waals surface area (Å²) in [7, 11) is -3.73. The molecule has 1 amide bonds. The molecule has 1 atom stereocenters. The Kier molecular flexibility index (Phi) is 5.36. The second kappa shape index (κ2) is 6.44. The summed E-state index contributed by atoms with van der Waals surface area (Å²) in [5, 5.41) is 7.89. The average molecular weight is 314 g/mol. The normalized spacial score (nSPS) is 13.6. The van der Waals surface area contributed by atoms with Gasteiger partial charge in [-0.05, 0) is 51.5 Å². The Labute approximate surface area is 125 Å². The van der Waals surface area contributed by atoms with Gasteiger partial charge in [-0.3, -0.25) is 4.79 Å². The predicted molar refractivity (Wildman–Crippen MR) is 80.4 cm³/mol. The number of carbonyl (C=O) groups is 1. The van der Waals surface area contributed by atoms with E-state index in [2.05, 4.69) is 5.32 Å². The van der Waals surface area contributed by atoms with Crippen LogP contribution >= 0.6 is 0 Å². The molecule has 0 radical (unpaired) electrons. The van der Waals surface area contributed by atoms with E-state index in [1.807, 2.05) is 20.8 Å². The smallest absolute Gasteiger partial charge is 0.261 e. The van der Waals surface area contributed by atoms with Crippen LogP contribution in [0.25, 0.3) is 0 Å². The topological polar surface area (TPSA) is 98.5 Å². The molecule has 3 N–H and O–H groups in total. The standard InChI is InChI=1S/C14H22N2O4S/c1-5-14(3,4)16-13(17)10(2)20-11-6-8-12(9-7-11)21(15,18)19/h6-10H,5H2,1-4H3,(H,16,17)(H2,15,18,19). The van der Waals surface area contributed by atoms with Crippen molar-refractivity contribution in [2.45, 2.75) is 50.7 Å². The summed E-state index contributed by atoms with van der Waals surface area (Å²) in [6.45, 7) is 7.48. The molecule has 1 rings (SSSR count). The predicted octanol–water partition coefficient (Wildman–Crippen LogP) is 1.41. The summed E-state index contributed by atoms with van der Waals surface area (Å²) in [5.41, 5.74) is -0.299. The molecule has 6 nitrogen and oxygen atoms in total. The Bertz CT molecular complexity index is 594. The van der Waals surface area contributed by atoms with Crippen LogP contribution in [-0.2, 0) is 14.8 Å². The van der Waals surface area contributed by atoms with Gasteiger partial charge < -0.3 is 10.1 Å². The number of rotatable bonds is 6. The third-order valence-electron chi connectivity index (χ3n) is 3.18. The number of hydrogen-bond acceptors (Lipinski definition) is 4. The number of benzene rings is 1. The lowest BCUT2D eigenvalue weighted by molar-refractivity contribution is -0.128. The molecular weight excluding hydrogens is 292 g/mol. The maximum atomic E-state index is 12.0. The Morgan fingerprint density at radius 2 is 1.86 bits per heavy atom. The van der Waals surface area contributed by atoms with Gasteiger partial charge in [0.15, 0.2) is 6.10 Å². The molecule has 1 unspecified atom stereocenters. The molecule has 0 saturated carbocycles. The summed E-state index contributed by atoms with van der Waals surface area (Å²) < 4.78 is 27.8. The summed E-state index contributed by atoms with van der Waals surface area (Å²) in [5.74, 6) is 0.178. The lowest BCUT2D eigenvalue weighted by Crippen LogP contribution is -2.48. The van der Waals surface area contributed by atoms with Crippen LogP contribution in [0.4, 0.5) is 0 Å². The molecule has 0 spiro atoms. The quantitative estimate of drug-likeness (QED) is 0.829. The molecule has 1 aromatic carbocycles. The van der Waals surface area contributed by atoms with Gasteiger partial charge in [0, 0.05) is 5.54 Å². The van der Waals surface area contributed by atoms with E-state index >= 15 is 0 Å². The van der Waals surface area contributed by atoms with Crippen molar-refractivity contribution in [2.24, 2.45) is 5.14 Å². The van der Waals surface area contributed by atoms with Crippen LogP contribution in [0.5, 0.6) is 5.75 Å². The molecule has 0 saturated heterocycles. The van der Waals surface area contributed by atoms with Crippen LogP contribution in [0.2, 0.25) is 0 Å². The molecule has 0 bridgehead atoms. The zero-order valence-electron chi connectivity index (χ0n) is 12.7. The van der Waals surface area contributed by atoms with Crippen LogP contribution < -0.4 is 15.2 Å². The first-order valence-electron chi connectivity index (χ1n) is 6.67. The van der Waals surface area contributed by atoms with E-state index in [-0.39, 0.29) is 16.3 Å². The van der Waals surface area contributed by atoms with E-state index in [4.69, 9.17) is 9.88 Å². The van der Waals surface area contributed by atoms with E-state index in [0.717, 1.165) is 6.42 Å². The van der Waals surface area contributed by atoms with E-state index < -0.39 is 16.1 Å². The highest BCUT2D eigenvalue weighted by Gasteiger charge is 2.22. The highest BCUT2D eigenvalue weighted by atomic mass is 32.2. The Morgan fingerprint density at radius 1 is 1.33 bits per heavy atom. The maximum Gasteiger partial charge on any atom is 0.261 e. The number of sulfonamides is 1. The fourth-order valence-electron chi connectivity index (χ4n) is 1.49. The summed E-state index contributed by atoms with van der Waals surface area (Å²) in [4.78, 5) is 12.0. The van der Waals surface area contributed by atoms with Crippen LogP contribution in [0, 0.1) is 0 Å². The van der Waals surface area contributed by atoms with E-state index in [1.165, 1.54) is 24.3 Å². The molecule has 7 heteroatoms. The van der Waals surface area contributed by atoms with Gasteiger partial charge in [0.2, 0.25) is 10.0 Å². The molecule has 0 fully saturated rings. The molecule has 118 valence electrons. The SMILES string of the molecule is CCC(C)(C)NC(=O)C(C)Oc1ccc(S(N)(=O)=O)cc1. The van der Waals surface area contributed by atoms with Crippen molar-refractivity contribution in [1.29, 1.82) is 0 Å². The molecule has 21 heavy (non-hydrogen) atoms. The number of nitrogens with one attached hydrogen (secondary N) is 1. The van der Waals surface area contributed by atoms with Gasteiger partial charge >= 0.3 is 0 Å². The van der Waals surface area contributed by atoms with Gasteiger partial charge in [0.25, 0.3) is 5.91 Å². The largest absolute Gasteiger partial charge is 0.481 e. The van der Waals surface area contributed by atoms with Crippen LogP contribution in [0.15, 0.2) is 29.2 Å². The third kappa shape index (κ3) is 5.35. The van der Waals surface area contributed by atoms with Crippen LogP contribution in [0.3, 0.4) is 0 Å². The molecule has 1 aromatic rings. The maximum absolute atomic E-state index is 12.0. The van der Waals surface area contributed by atoms with Crippen LogP contribution in [0.1, 0.15) is 34.1 Å². The third-order valence-corrected chi connectivity index (χ3v) is 4.11. The van der Waals surface area contributed by atoms with Gasteiger partial charge in [-0.1, -0.05) is 6.92 Å². The molecular formula is C14H22N2O4S. The minimum absolute atomic E-state index is 0.000860. The monoisotopic (exact) mass is 314 g/mol. The van der Waals surface area contributed by atoms with Crippen molar-refractivity contribution in [3.05, 3.63) is 24.3 Å².